The molecule has 440 valence electrons. The molecule has 0 fully saturated rings. The van der Waals surface area contributed by atoms with Crippen LogP contribution in [0.25, 0.3) is 0 Å². The first kappa shape index (κ1) is 65.6. The van der Waals surface area contributed by atoms with Gasteiger partial charge in [-0.15, -0.1) is 0 Å². The SMILES string of the molecule is CCN(CC)C(=O)CCc1c2cc(C(C)(C)C)cc1Cc1cc(C(C)(C)C)cc(c1CCC(=O)N(CC)CC)Cc1cc(C(C)(C)C)cc(c1CCC(=O)N(CC)CC)Cc1cc(C(C)(C)C)cc(c1CCC(=O)N(CC)CC)C2. The lowest BCUT2D eigenvalue weighted by atomic mass is 9.75. The minimum atomic E-state index is -0.189. The van der Waals surface area contributed by atoms with Gasteiger partial charge in [-0.2, -0.15) is 0 Å². The quantitative estimate of drug-likeness (QED) is 0.0778. The van der Waals surface area contributed by atoms with E-state index in [0.717, 1.165) is 0 Å². The van der Waals surface area contributed by atoms with Gasteiger partial charge in [0.1, 0.15) is 0 Å². The van der Waals surface area contributed by atoms with Crippen molar-refractivity contribution in [2.24, 2.45) is 0 Å². The molecule has 0 N–H and O–H groups in total. The van der Waals surface area contributed by atoms with Crippen LogP contribution < -0.4 is 0 Å². The second-order valence-corrected chi connectivity index (χ2v) is 27.1. The summed E-state index contributed by atoms with van der Waals surface area (Å²) in [6.45, 7) is 49.6. The Bertz CT molecular complexity index is 2320. The van der Waals surface area contributed by atoms with Gasteiger partial charge in [0.05, 0.1) is 0 Å². The molecule has 80 heavy (non-hydrogen) atoms. The highest BCUT2D eigenvalue weighted by Gasteiger charge is 2.30. The minimum Gasteiger partial charge on any atom is -0.343 e. The van der Waals surface area contributed by atoms with Crippen molar-refractivity contribution in [3.8, 4) is 0 Å². The second-order valence-electron chi connectivity index (χ2n) is 27.1. The minimum absolute atomic E-state index is 0.166. The van der Waals surface area contributed by atoms with E-state index < -0.39 is 0 Å². The predicted octanol–water partition coefficient (Wildman–Crippen LogP) is 14.8. The van der Waals surface area contributed by atoms with Crippen LogP contribution in [0.2, 0.25) is 0 Å². The molecule has 4 aromatic carbocycles. The lowest BCUT2D eigenvalue weighted by Gasteiger charge is -2.30. The highest BCUT2D eigenvalue weighted by Crippen LogP contribution is 2.40. The molecule has 8 heteroatoms. The fourth-order valence-corrected chi connectivity index (χ4v) is 12.2. The lowest BCUT2D eigenvalue weighted by Crippen LogP contribution is -2.31. The van der Waals surface area contributed by atoms with Crippen LogP contribution in [0.4, 0.5) is 0 Å². The van der Waals surface area contributed by atoms with Crippen molar-refractivity contribution in [2.75, 3.05) is 52.4 Å². The topological polar surface area (TPSA) is 81.2 Å². The van der Waals surface area contributed by atoms with Crippen molar-refractivity contribution in [1.82, 2.24) is 19.6 Å². The zero-order valence-corrected chi connectivity index (χ0v) is 54.2. The highest BCUT2D eigenvalue weighted by atomic mass is 16.2. The van der Waals surface area contributed by atoms with Gasteiger partial charge in [0, 0.05) is 78.0 Å². The van der Waals surface area contributed by atoms with Crippen LogP contribution in [0.3, 0.4) is 0 Å². The Labute approximate surface area is 487 Å². The van der Waals surface area contributed by atoms with Crippen LogP contribution in [-0.4, -0.2) is 95.6 Å². The molecule has 0 saturated carbocycles. The van der Waals surface area contributed by atoms with Crippen molar-refractivity contribution in [3.05, 3.63) is 138 Å². The fraction of sp³-hybridized carbons (Fsp3) is 0.611. The molecular formula is C72H108N4O4. The molecular weight excluding hydrogens is 985 g/mol. The maximum absolute atomic E-state index is 14.2. The van der Waals surface area contributed by atoms with Gasteiger partial charge in [0.2, 0.25) is 23.6 Å². The number of rotatable bonds is 20. The predicted molar refractivity (Wildman–Crippen MR) is 337 cm³/mol. The molecule has 1 aliphatic carbocycles. The molecule has 0 spiro atoms. The maximum atomic E-state index is 14.2. The van der Waals surface area contributed by atoms with Crippen molar-refractivity contribution >= 4 is 23.6 Å². The van der Waals surface area contributed by atoms with Crippen molar-refractivity contribution in [1.29, 1.82) is 0 Å². The Morgan fingerprint density at radius 2 is 0.425 bits per heavy atom. The maximum Gasteiger partial charge on any atom is 0.222 e. The van der Waals surface area contributed by atoms with Crippen LogP contribution >= 0.6 is 0 Å². The molecule has 4 amide bonds. The molecule has 1 aliphatic rings. The first-order valence-electron chi connectivity index (χ1n) is 31.2. The number of hydrogen-bond acceptors (Lipinski definition) is 4. The van der Waals surface area contributed by atoms with E-state index in [-0.39, 0.29) is 45.3 Å². The third-order valence-electron chi connectivity index (χ3n) is 17.5. The van der Waals surface area contributed by atoms with Gasteiger partial charge in [-0.25, -0.2) is 0 Å². The zero-order valence-electron chi connectivity index (χ0n) is 54.2. The van der Waals surface area contributed by atoms with Crippen LogP contribution in [-0.2, 0) is 92.2 Å². The van der Waals surface area contributed by atoms with Crippen LogP contribution in [0.1, 0.15) is 253 Å². The number of hydrogen-bond donors (Lipinski definition) is 0. The normalized spacial score (nSPS) is 13.1. The standard InChI is InChI=1S/C72H108N4O4/c1-21-73(22-2)65(77)33-29-61-49-37-51-43-58(70(12,13)14)45-53(62(51)30-34-66(78)74(23-3)24-4)39-55-47-60(72(18,19)20)48-56(64(55)32-36-68(80)76(27-7)28-8)40-54-46-59(71(15,16)17)44-52(38-50(61)42-57(41-49)69(9,10)11)63(54)31-35-67(79)75(25-5)26-6/h41-48H,21-40H2,1-20H3. The van der Waals surface area contributed by atoms with E-state index in [0.29, 0.717) is 129 Å². The van der Waals surface area contributed by atoms with Gasteiger partial charge in [-0.1, -0.05) is 132 Å². The van der Waals surface area contributed by atoms with Crippen LogP contribution in [0, 0.1) is 0 Å². The van der Waals surface area contributed by atoms with E-state index in [1.807, 2.05) is 19.6 Å². The van der Waals surface area contributed by atoms with Gasteiger partial charge in [-0.3, -0.25) is 19.2 Å². The summed E-state index contributed by atoms with van der Waals surface area (Å²) in [4.78, 5) is 64.8. The summed E-state index contributed by atoms with van der Waals surface area (Å²) in [6.07, 6.45) is 6.59. The Morgan fingerprint density at radius 3 is 0.537 bits per heavy atom. The first-order chi connectivity index (χ1) is 37.5. The van der Waals surface area contributed by atoms with Crippen LogP contribution in [0.5, 0.6) is 0 Å². The fourth-order valence-electron chi connectivity index (χ4n) is 12.2. The molecule has 0 heterocycles. The van der Waals surface area contributed by atoms with E-state index in [1.54, 1.807) is 0 Å². The summed E-state index contributed by atoms with van der Waals surface area (Å²) in [7, 11) is 0. The number of nitrogens with zero attached hydrogens (tertiary/aromatic N) is 4. The van der Waals surface area contributed by atoms with Crippen molar-refractivity contribution in [3.63, 3.8) is 0 Å². The van der Waals surface area contributed by atoms with Crippen molar-refractivity contribution < 1.29 is 19.2 Å². The Hall–Kier alpha value is -5.24. The smallest absolute Gasteiger partial charge is 0.222 e. The van der Waals surface area contributed by atoms with E-state index >= 15 is 0 Å². The molecule has 8 nitrogen and oxygen atoms in total. The summed E-state index contributed by atoms with van der Waals surface area (Å²) in [5.41, 5.74) is 19.1. The number of benzene rings is 4. The molecule has 4 aromatic rings. The summed E-state index contributed by atoms with van der Waals surface area (Å²) in [5, 5.41) is 0. The third-order valence-corrected chi connectivity index (χ3v) is 17.5. The number of carbonyl (C=O) groups is 4. The van der Waals surface area contributed by atoms with E-state index in [4.69, 9.17) is 0 Å². The summed E-state index contributed by atoms with van der Waals surface area (Å²) in [6, 6.07) is 19.6. The highest BCUT2D eigenvalue weighted by molar-refractivity contribution is 5.78. The second kappa shape index (κ2) is 27.7. The number of carbonyl (C=O) groups excluding carboxylic acids is 4. The monoisotopic (exact) mass is 1090 g/mol. The summed E-state index contributed by atoms with van der Waals surface area (Å²) < 4.78 is 0. The summed E-state index contributed by atoms with van der Waals surface area (Å²) >= 11 is 0. The van der Waals surface area contributed by atoms with E-state index in [9.17, 15) is 19.2 Å². The van der Waals surface area contributed by atoms with E-state index in [2.05, 4.69) is 187 Å². The molecule has 0 saturated heterocycles. The number of amides is 4. The summed E-state index contributed by atoms with van der Waals surface area (Å²) in [5.74, 6) is 0.665. The molecule has 5 rings (SSSR count). The average molecular weight is 1090 g/mol. The average Bonchev–Trinajstić information content (AvgIpc) is 3.37. The molecule has 0 radical (unpaired) electrons. The van der Waals surface area contributed by atoms with Gasteiger partial charge >= 0.3 is 0 Å². The van der Waals surface area contributed by atoms with E-state index in [1.165, 1.54) is 89.0 Å². The Balaban J connectivity index is 2.07. The number of fused-ring (bicyclic) bond motifs is 8. The lowest BCUT2D eigenvalue weighted by molar-refractivity contribution is -0.131. The van der Waals surface area contributed by atoms with Gasteiger partial charge in [-0.05, 0) is 217 Å². The van der Waals surface area contributed by atoms with Gasteiger partial charge in [0.15, 0.2) is 0 Å². The van der Waals surface area contributed by atoms with Gasteiger partial charge in [0.25, 0.3) is 0 Å². The molecule has 0 aromatic heterocycles. The molecule has 8 bridgehead atoms. The van der Waals surface area contributed by atoms with Gasteiger partial charge < -0.3 is 19.6 Å². The molecule has 0 aliphatic heterocycles. The third kappa shape index (κ3) is 16.5. The molecule has 0 atom stereocenters. The largest absolute Gasteiger partial charge is 0.343 e. The molecule has 0 unspecified atom stereocenters. The Morgan fingerprint density at radius 1 is 0.287 bits per heavy atom. The first-order valence-corrected chi connectivity index (χ1v) is 31.2. The Kier molecular flexibility index (Phi) is 22.7. The van der Waals surface area contributed by atoms with Crippen LogP contribution in [0.15, 0.2) is 48.5 Å². The van der Waals surface area contributed by atoms with Crippen molar-refractivity contribution in [2.45, 2.75) is 237 Å². The zero-order chi connectivity index (χ0) is 59.7.